The van der Waals surface area contributed by atoms with Gasteiger partial charge in [-0.2, -0.15) is 0 Å². The van der Waals surface area contributed by atoms with Crippen LogP contribution < -0.4 is 10.2 Å². The van der Waals surface area contributed by atoms with Gasteiger partial charge < -0.3 is 15.1 Å². The minimum Gasteiger partial charge on any atom is -0.358 e. The van der Waals surface area contributed by atoms with Gasteiger partial charge in [0.05, 0.1) is 17.1 Å². The van der Waals surface area contributed by atoms with Gasteiger partial charge >= 0.3 is 0 Å². The minimum atomic E-state index is -0.285. The molecular formula is C26H23Cl2FN6S. The summed E-state index contributed by atoms with van der Waals surface area (Å²) in [7, 11) is 0. The molecule has 3 heterocycles. The van der Waals surface area contributed by atoms with E-state index >= 15 is 0 Å². The molecule has 10 heteroatoms. The van der Waals surface area contributed by atoms with Crippen LogP contribution in [0.1, 0.15) is 11.4 Å². The van der Waals surface area contributed by atoms with Crippen LogP contribution in [0, 0.1) is 5.82 Å². The standard InChI is InChI=1S/C26H23Cl2FN6S/c27-15-23-31-22-10-9-21(17-5-7-19(29)8-6-17)32-24(22)25(33-23)34-11-13-35(14-12-34)26(36)30-16-18-3-1-2-4-20(18)28/h1-10H,11-16H2,(H,30,36). The maximum atomic E-state index is 13.4. The molecule has 1 saturated heterocycles. The zero-order valence-corrected chi connectivity index (χ0v) is 21.6. The number of alkyl halides is 1. The van der Waals surface area contributed by atoms with E-state index in [1.807, 2.05) is 36.4 Å². The number of fused-ring (bicyclic) bond motifs is 1. The fraction of sp³-hybridized carbons (Fsp3) is 0.231. The normalized spacial score (nSPS) is 13.8. The zero-order chi connectivity index (χ0) is 25.1. The molecule has 1 fully saturated rings. The first-order valence-electron chi connectivity index (χ1n) is 11.5. The van der Waals surface area contributed by atoms with E-state index in [1.54, 1.807) is 12.1 Å². The molecule has 1 aliphatic heterocycles. The number of aromatic nitrogens is 3. The fourth-order valence-electron chi connectivity index (χ4n) is 4.15. The molecule has 0 atom stereocenters. The lowest BCUT2D eigenvalue weighted by molar-refractivity contribution is 0.379. The molecule has 5 rings (SSSR count). The van der Waals surface area contributed by atoms with E-state index in [9.17, 15) is 4.39 Å². The SMILES string of the molecule is Fc1ccc(-c2ccc3nc(CCl)nc(N4CCN(C(=S)NCc5ccccc5Cl)CC4)c3n2)cc1. The molecule has 0 saturated carbocycles. The van der Waals surface area contributed by atoms with Crippen molar-refractivity contribution in [2.75, 3.05) is 31.1 Å². The predicted molar refractivity (Wildman–Crippen MR) is 147 cm³/mol. The average molecular weight is 541 g/mol. The molecule has 0 amide bonds. The monoisotopic (exact) mass is 540 g/mol. The Kier molecular flexibility index (Phi) is 7.46. The topological polar surface area (TPSA) is 57.2 Å². The molecule has 2 aromatic carbocycles. The van der Waals surface area contributed by atoms with E-state index in [4.69, 9.17) is 45.4 Å². The van der Waals surface area contributed by atoms with Crippen molar-refractivity contribution in [1.29, 1.82) is 0 Å². The van der Waals surface area contributed by atoms with Crippen LogP contribution in [0.25, 0.3) is 22.3 Å². The summed E-state index contributed by atoms with van der Waals surface area (Å²) in [4.78, 5) is 18.5. The number of halogens is 3. The number of benzene rings is 2. The van der Waals surface area contributed by atoms with Crippen LogP contribution >= 0.6 is 35.4 Å². The number of nitrogens with zero attached hydrogens (tertiary/aromatic N) is 5. The first-order chi connectivity index (χ1) is 17.5. The van der Waals surface area contributed by atoms with Crippen molar-refractivity contribution in [3.05, 3.63) is 82.9 Å². The molecule has 0 unspecified atom stereocenters. The largest absolute Gasteiger partial charge is 0.358 e. The maximum Gasteiger partial charge on any atom is 0.169 e. The quantitative estimate of drug-likeness (QED) is 0.268. The summed E-state index contributed by atoms with van der Waals surface area (Å²) in [6.07, 6.45) is 0. The van der Waals surface area contributed by atoms with Crippen LogP contribution in [0.3, 0.4) is 0 Å². The highest BCUT2D eigenvalue weighted by molar-refractivity contribution is 7.80. The first-order valence-corrected chi connectivity index (χ1v) is 12.8. The zero-order valence-electron chi connectivity index (χ0n) is 19.3. The minimum absolute atomic E-state index is 0.207. The second-order valence-corrected chi connectivity index (χ2v) is 9.45. The first kappa shape index (κ1) is 24.6. The Balaban J connectivity index is 1.33. The van der Waals surface area contributed by atoms with E-state index in [0.29, 0.717) is 36.1 Å². The summed E-state index contributed by atoms with van der Waals surface area (Å²) in [5.74, 6) is 1.22. The number of thiocarbonyl (C=S) groups is 1. The summed E-state index contributed by atoms with van der Waals surface area (Å²) in [6, 6.07) is 17.8. The van der Waals surface area contributed by atoms with Gasteiger partial charge in [0.1, 0.15) is 17.2 Å². The molecule has 36 heavy (non-hydrogen) atoms. The van der Waals surface area contributed by atoms with Crippen LogP contribution in [-0.4, -0.2) is 51.1 Å². The maximum absolute atomic E-state index is 13.4. The fourth-order valence-corrected chi connectivity index (χ4v) is 4.73. The molecule has 1 N–H and O–H groups in total. The van der Waals surface area contributed by atoms with Crippen LogP contribution in [-0.2, 0) is 12.4 Å². The van der Waals surface area contributed by atoms with Gasteiger partial charge in [-0.1, -0.05) is 29.8 Å². The van der Waals surface area contributed by atoms with E-state index in [1.165, 1.54) is 12.1 Å². The van der Waals surface area contributed by atoms with Crippen LogP contribution in [0.4, 0.5) is 10.2 Å². The van der Waals surface area contributed by atoms with Gasteiger partial charge in [-0.25, -0.2) is 19.3 Å². The summed E-state index contributed by atoms with van der Waals surface area (Å²) in [6.45, 7) is 3.46. The Bertz CT molecular complexity index is 1390. The number of hydrogen-bond acceptors (Lipinski definition) is 5. The molecule has 2 aromatic heterocycles. The highest BCUT2D eigenvalue weighted by atomic mass is 35.5. The number of hydrogen-bond donors (Lipinski definition) is 1. The molecular weight excluding hydrogens is 518 g/mol. The summed E-state index contributed by atoms with van der Waals surface area (Å²) < 4.78 is 13.4. The number of nitrogens with one attached hydrogen (secondary N) is 1. The Morgan fingerprint density at radius 2 is 1.69 bits per heavy atom. The molecule has 0 aliphatic carbocycles. The van der Waals surface area contributed by atoms with Gasteiger partial charge in [0, 0.05) is 43.3 Å². The predicted octanol–water partition coefficient (Wildman–Crippen LogP) is 5.42. The molecule has 1 aliphatic rings. The third kappa shape index (κ3) is 5.36. The van der Waals surface area contributed by atoms with E-state index < -0.39 is 0 Å². The second-order valence-electron chi connectivity index (χ2n) is 8.39. The van der Waals surface area contributed by atoms with E-state index in [0.717, 1.165) is 46.3 Å². The highest BCUT2D eigenvalue weighted by Crippen LogP contribution is 2.27. The summed E-state index contributed by atoms with van der Waals surface area (Å²) in [5.41, 5.74) is 3.98. The summed E-state index contributed by atoms with van der Waals surface area (Å²) >= 11 is 18.0. The van der Waals surface area contributed by atoms with Crippen molar-refractivity contribution in [3.63, 3.8) is 0 Å². The molecule has 0 bridgehead atoms. The third-order valence-corrected chi connectivity index (χ3v) is 7.09. The number of rotatable bonds is 5. The van der Waals surface area contributed by atoms with Crippen molar-refractivity contribution in [2.45, 2.75) is 12.4 Å². The molecule has 6 nitrogen and oxygen atoms in total. The number of pyridine rings is 1. The lowest BCUT2D eigenvalue weighted by Crippen LogP contribution is -2.52. The van der Waals surface area contributed by atoms with Gasteiger partial charge in [0.2, 0.25) is 0 Å². The number of anilines is 1. The van der Waals surface area contributed by atoms with Crippen LogP contribution in [0.15, 0.2) is 60.7 Å². The lowest BCUT2D eigenvalue weighted by atomic mass is 10.1. The third-order valence-electron chi connectivity index (χ3n) is 6.08. The van der Waals surface area contributed by atoms with E-state index in [2.05, 4.69) is 20.1 Å². The molecule has 184 valence electrons. The van der Waals surface area contributed by atoms with Crippen molar-refractivity contribution < 1.29 is 4.39 Å². The highest BCUT2D eigenvalue weighted by Gasteiger charge is 2.23. The van der Waals surface area contributed by atoms with Crippen LogP contribution in [0.5, 0.6) is 0 Å². The van der Waals surface area contributed by atoms with E-state index in [-0.39, 0.29) is 11.7 Å². The number of piperazine rings is 1. The lowest BCUT2D eigenvalue weighted by Gasteiger charge is -2.37. The van der Waals surface area contributed by atoms with Gasteiger partial charge in [-0.05, 0) is 60.2 Å². The molecule has 0 radical (unpaired) electrons. The van der Waals surface area contributed by atoms with Crippen LogP contribution in [0.2, 0.25) is 5.02 Å². The van der Waals surface area contributed by atoms with Crippen molar-refractivity contribution in [2.24, 2.45) is 0 Å². The van der Waals surface area contributed by atoms with Gasteiger partial charge in [0.25, 0.3) is 0 Å². The Hall–Kier alpha value is -3.07. The molecule has 4 aromatic rings. The van der Waals surface area contributed by atoms with Gasteiger partial charge in [0.15, 0.2) is 10.9 Å². The Labute approximate surface area is 224 Å². The van der Waals surface area contributed by atoms with Crippen molar-refractivity contribution in [3.8, 4) is 11.3 Å². The average Bonchev–Trinajstić information content (AvgIpc) is 2.92. The summed E-state index contributed by atoms with van der Waals surface area (Å²) in [5, 5.41) is 4.73. The van der Waals surface area contributed by atoms with Gasteiger partial charge in [-0.15, -0.1) is 11.6 Å². The van der Waals surface area contributed by atoms with Crippen molar-refractivity contribution >= 4 is 57.4 Å². The smallest absolute Gasteiger partial charge is 0.169 e. The Morgan fingerprint density at radius 1 is 0.944 bits per heavy atom. The van der Waals surface area contributed by atoms with Gasteiger partial charge in [-0.3, -0.25) is 0 Å². The van der Waals surface area contributed by atoms with Crippen molar-refractivity contribution in [1.82, 2.24) is 25.2 Å². The Morgan fingerprint density at radius 3 is 2.42 bits per heavy atom. The second kappa shape index (κ2) is 10.9. The molecule has 0 spiro atoms.